The number of nitrogens with zero attached hydrogens (tertiary/aromatic N) is 2. The van der Waals surface area contributed by atoms with Crippen LogP contribution >= 0.6 is 0 Å². The molecule has 0 aromatic heterocycles. The van der Waals surface area contributed by atoms with Gasteiger partial charge < -0.3 is 5.32 Å². The normalized spacial score (nSPS) is 8.53. The summed E-state index contributed by atoms with van der Waals surface area (Å²) in [5, 5.41) is 19.1. The zero-order valence-corrected chi connectivity index (χ0v) is 7.46. The van der Waals surface area contributed by atoms with Gasteiger partial charge in [-0.15, -0.1) is 0 Å². The van der Waals surface area contributed by atoms with Crippen LogP contribution in [-0.4, -0.2) is 0 Å². The van der Waals surface area contributed by atoms with Crippen LogP contribution in [0, 0.1) is 34.3 Å². The fraction of sp³-hybridized carbons (Fsp3) is 0. The van der Waals surface area contributed by atoms with Gasteiger partial charge in [-0.1, -0.05) is 6.07 Å². The molecule has 5 heteroatoms. The summed E-state index contributed by atoms with van der Waals surface area (Å²) in [6.07, 6.45) is 1.01. The Kier molecular flexibility index (Phi) is 3.37. The molecule has 0 radical (unpaired) electrons. The van der Waals surface area contributed by atoms with Crippen LogP contribution < -0.4 is 5.32 Å². The SMILES string of the molecule is N#CC(C#N)=CNc1cccc(F)c1F. The molecule has 0 spiro atoms. The van der Waals surface area contributed by atoms with Crippen LogP contribution in [0.25, 0.3) is 0 Å². The van der Waals surface area contributed by atoms with E-state index < -0.39 is 11.6 Å². The highest BCUT2D eigenvalue weighted by Crippen LogP contribution is 2.16. The quantitative estimate of drug-likeness (QED) is 0.753. The van der Waals surface area contributed by atoms with Crippen LogP contribution in [0.2, 0.25) is 0 Å². The summed E-state index contributed by atoms with van der Waals surface area (Å²) in [5.74, 6) is -2.05. The van der Waals surface area contributed by atoms with Gasteiger partial charge in [-0.25, -0.2) is 8.78 Å². The molecule has 0 saturated carbocycles. The fourth-order valence-electron chi connectivity index (χ4n) is 0.855. The van der Waals surface area contributed by atoms with Gasteiger partial charge in [-0.05, 0) is 12.1 Å². The number of nitrogens with one attached hydrogen (secondary N) is 1. The van der Waals surface area contributed by atoms with E-state index in [4.69, 9.17) is 10.5 Å². The number of benzene rings is 1. The topological polar surface area (TPSA) is 59.6 Å². The van der Waals surface area contributed by atoms with Crippen molar-refractivity contribution in [3.05, 3.63) is 41.6 Å². The Balaban J connectivity index is 2.93. The Morgan fingerprint density at radius 3 is 2.53 bits per heavy atom. The van der Waals surface area contributed by atoms with E-state index in [9.17, 15) is 8.78 Å². The predicted octanol–water partition coefficient (Wildman–Crippen LogP) is 2.31. The van der Waals surface area contributed by atoms with Gasteiger partial charge >= 0.3 is 0 Å². The minimum Gasteiger partial charge on any atom is -0.357 e. The number of allylic oxidation sites excluding steroid dienone is 1. The number of rotatable bonds is 2. The summed E-state index contributed by atoms with van der Waals surface area (Å²) in [5.41, 5.74) is -0.350. The zero-order chi connectivity index (χ0) is 11.3. The lowest BCUT2D eigenvalue weighted by Gasteiger charge is -2.02. The lowest BCUT2D eigenvalue weighted by atomic mass is 10.3. The van der Waals surface area contributed by atoms with Gasteiger partial charge in [0.15, 0.2) is 11.6 Å². The van der Waals surface area contributed by atoms with E-state index in [0.29, 0.717) is 0 Å². The number of hydrogen-bond acceptors (Lipinski definition) is 3. The molecule has 1 aromatic rings. The summed E-state index contributed by atoms with van der Waals surface area (Å²) < 4.78 is 25.7. The van der Waals surface area contributed by atoms with Crippen LogP contribution in [0.15, 0.2) is 30.0 Å². The average Bonchev–Trinajstić information content (AvgIpc) is 2.25. The number of nitriles is 2. The van der Waals surface area contributed by atoms with Crippen molar-refractivity contribution in [1.82, 2.24) is 0 Å². The molecule has 1 rings (SSSR count). The van der Waals surface area contributed by atoms with Crippen LogP contribution in [0.3, 0.4) is 0 Å². The second kappa shape index (κ2) is 4.73. The Hall–Kier alpha value is -2.40. The standard InChI is InChI=1S/C10H5F2N3/c11-8-2-1-3-9(10(8)12)15-6-7(4-13)5-14/h1-3,6,15H. The molecular weight excluding hydrogens is 200 g/mol. The van der Waals surface area contributed by atoms with Gasteiger partial charge in [0.05, 0.1) is 5.69 Å². The predicted molar refractivity (Wildman–Crippen MR) is 49.3 cm³/mol. The molecule has 0 saturated heterocycles. The van der Waals surface area contributed by atoms with Crippen molar-refractivity contribution in [2.75, 3.05) is 5.32 Å². The molecule has 0 amide bonds. The van der Waals surface area contributed by atoms with Crippen molar-refractivity contribution in [3.8, 4) is 12.1 Å². The monoisotopic (exact) mass is 205 g/mol. The summed E-state index contributed by atoms with van der Waals surface area (Å²) in [7, 11) is 0. The maximum atomic E-state index is 13.0. The van der Waals surface area contributed by atoms with Gasteiger partial charge in [0.25, 0.3) is 0 Å². The second-order valence-corrected chi connectivity index (χ2v) is 2.53. The Morgan fingerprint density at radius 2 is 1.93 bits per heavy atom. The molecule has 0 aliphatic carbocycles. The first-order chi connectivity index (χ1) is 7.19. The third kappa shape index (κ3) is 2.52. The molecule has 0 bridgehead atoms. The van der Waals surface area contributed by atoms with Crippen molar-refractivity contribution in [3.63, 3.8) is 0 Å². The van der Waals surface area contributed by atoms with Crippen LogP contribution in [0.5, 0.6) is 0 Å². The molecule has 3 nitrogen and oxygen atoms in total. The summed E-state index contributed by atoms with van der Waals surface area (Å²) in [4.78, 5) is 0. The van der Waals surface area contributed by atoms with E-state index in [0.717, 1.165) is 12.3 Å². The first kappa shape index (κ1) is 10.7. The Bertz CT molecular complexity index is 464. The van der Waals surface area contributed by atoms with Crippen molar-refractivity contribution in [2.45, 2.75) is 0 Å². The highest BCUT2D eigenvalue weighted by atomic mass is 19.2. The molecule has 1 N–H and O–H groups in total. The first-order valence-corrected chi connectivity index (χ1v) is 3.90. The maximum absolute atomic E-state index is 13.0. The summed E-state index contributed by atoms with van der Waals surface area (Å²) in [6, 6.07) is 6.73. The third-order valence-electron chi connectivity index (χ3n) is 1.56. The van der Waals surface area contributed by atoms with E-state index in [2.05, 4.69) is 5.32 Å². The van der Waals surface area contributed by atoms with Gasteiger partial charge in [0, 0.05) is 6.20 Å². The zero-order valence-electron chi connectivity index (χ0n) is 7.46. The molecule has 0 aliphatic rings. The fourth-order valence-corrected chi connectivity index (χ4v) is 0.855. The second-order valence-electron chi connectivity index (χ2n) is 2.53. The van der Waals surface area contributed by atoms with Gasteiger partial charge in [-0.3, -0.25) is 0 Å². The largest absolute Gasteiger partial charge is 0.357 e. The smallest absolute Gasteiger partial charge is 0.182 e. The van der Waals surface area contributed by atoms with Gasteiger partial charge in [-0.2, -0.15) is 10.5 Å². The lowest BCUT2D eigenvalue weighted by molar-refractivity contribution is 0.511. The molecule has 0 atom stereocenters. The van der Waals surface area contributed by atoms with Crippen molar-refractivity contribution in [2.24, 2.45) is 0 Å². The van der Waals surface area contributed by atoms with E-state index in [1.807, 2.05) is 0 Å². The average molecular weight is 205 g/mol. The number of hydrogen-bond donors (Lipinski definition) is 1. The minimum atomic E-state index is -1.05. The van der Waals surface area contributed by atoms with E-state index in [1.165, 1.54) is 12.1 Å². The first-order valence-electron chi connectivity index (χ1n) is 3.90. The van der Waals surface area contributed by atoms with E-state index in [1.54, 1.807) is 12.1 Å². The Morgan fingerprint density at radius 1 is 1.27 bits per heavy atom. The summed E-state index contributed by atoms with van der Waals surface area (Å²) >= 11 is 0. The molecule has 0 aliphatic heterocycles. The molecule has 0 heterocycles. The van der Waals surface area contributed by atoms with Crippen LogP contribution in [0.4, 0.5) is 14.5 Å². The third-order valence-corrected chi connectivity index (χ3v) is 1.56. The Labute approximate surface area is 84.9 Å². The van der Waals surface area contributed by atoms with Crippen molar-refractivity contribution >= 4 is 5.69 Å². The molecule has 0 fully saturated rings. The molecule has 74 valence electrons. The summed E-state index contributed by atoms with van der Waals surface area (Å²) in [6.45, 7) is 0. The lowest BCUT2D eigenvalue weighted by Crippen LogP contribution is -1.95. The molecule has 0 unspecified atom stereocenters. The van der Waals surface area contributed by atoms with Gasteiger partial charge in [0.2, 0.25) is 0 Å². The highest BCUT2D eigenvalue weighted by Gasteiger charge is 2.05. The van der Waals surface area contributed by atoms with Crippen molar-refractivity contribution < 1.29 is 8.78 Å². The molecule has 1 aromatic carbocycles. The van der Waals surface area contributed by atoms with Crippen LogP contribution in [-0.2, 0) is 0 Å². The number of anilines is 1. The number of halogens is 2. The van der Waals surface area contributed by atoms with E-state index >= 15 is 0 Å². The van der Waals surface area contributed by atoms with Crippen LogP contribution in [0.1, 0.15) is 0 Å². The minimum absolute atomic E-state index is 0.127. The molecule has 15 heavy (non-hydrogen) atoms. The van der Waals surface area contributed by atoms with Gasteiger partial charge in [0.1, 0.15) is 17.7 Å². The highest BCUT2D eigenvalue weighted by molar-refractivity contribution is 5.50. The van der Waals surface area contributed by atoms with Crippen molar-refractivity contribution in [1.29, 1.82) is 10.5 Å². The molecular formula is C10H5F2N3. The maximum Gasteiger partial charge on any atom is 0.182 e. The van der Waals surface area contributed by atoms with E-state index in [-0.39, 0.29) is 11.3 Å².